The van der Waals surface area contributed by atoms with E-state index in [1.54, 1.807) is 34.6 Å². The van der Waals surface area contributed by atoms with Crippen molar-refractivity contribution in [2.75, 3.05) is 40.1 Å². The second-order valence-electron chi connectivity index (χ2n) is 6.37. The maximum atomic E-state index is 12.1. The van der Waals surface area contributed by atoms with Gasteiger partial charge in [-0.1, -0.05) is 0 Å². The van der Waals surface area contributed by atoms with E-state index in [1.807, 2.05) is 0 Å². The number of carbonyl (C=O) groups excluding carboxylic acids is 2. The zero-order chi connectivity index (χ0) is 20.2. The molecule has 0 aromatic rings. The molecule has 0 aromatic heterocycles. The molecule has 0 saturated carbocycles. The van der Waals surface area contributed by atoms with Crippen molar-refractivity contribution in [3.8, 4) is 0 Å². The van der Waals surface area contributed by atoms with Crippen LogP contribution in [0.3, 0.4) is 0 Å². The van der Waals surface area contributed by atoms with Crippen LogP contribution in [0.1, 0.15) is 41.5 Å². The van der Waals surface area contributed by atoms with Crippen LogP contribution in [0.5, 0.6) is 0 Å². The molecule has 0 rings (SSSR count). The summed E-state index contributed by atoms with van der Waals surface area (Å²) in [7, 11) is 1.54. The first-order valence-electron chi connectivity index (χ1n) is 8.66. The average Bonchev–Trinajstić information content (AvgIpc) is 2.51. The first kappa shape index (κ1) is 24.6. The van der Waals surface area contributed by atoms with Gasteiger partial charge in [-0.15, -0.1) is 0 Å². The molecule has 0 spiro atoms. The highest BCUT2D eigenvalue weighted by molar-refractivity contribution is 5.81. The number of methoxy groups -OCH3 is 1. The van der Waals surface area contributed by atoms with Crippen molar-refractivity contribution in [1.29, 1.82) is 0 Å². The van der Waals surface area contributed by atoms with Gasteiger partial charge in [-0.25, -0.2) is 9.59 Å². The average molecular weight is 379 g/mol. The van der Waals surface area contributed by atoms with E-state index in [4.69, 9.17) is 28.4 Å². The van der Waals surface area contributed by atoms with Crippen molar-refractivity contribution in [2.24, 2.45) is 0 Å². The minimum absolute atomic E-state index is 0.194. The van der Waals surface area contributed by atoms with Crippen LogP contribution in [-0.4, -0.2) is 69.8 Å². The summed E-state index contributed by atoms with van der Waals surface area (Å²) in [6.07, 6.45) is -0.709. The Morgan fingerprint density at radius 1 is 1.00 bits per heavy atom. The van der Waals surface area contributed by atoms with Crippen LogP contribution < -0.4 is 5.32 Å². The Balaban J connectivity index is 4.71. The summed E-state index contributed by atoms with van der Waals surface area (Å²) in [4.78, 5) is 23.9. The Morgan fingerprint density at radius 3 is 2.04 bits per heavy atom. The summed E-state index contributed by atoms with van der Waals surface area (Å²) in [5, 5.41) is 2.41. The van der Waals surface area contributed by atoms with Crippen LogP contribution in [0.4, 0.5) is 4.79 Å². The quantitative estimate of drug-likeness (QED) is 0.311. The molecule has 0 bridgehead atoms. The molecule has 0 fully saturated rings. The van der Waals surface area contributed by atoms with Crippen molar-refractivity contribution in [1.82, 2.24) is 5.32 Å². The van der Waals surface area contributed by atoms with E-state index in [0.29, 0.717) is 6.61 Å². The molecule has 1 atom stereocenters. The summed E-state index contributed by atoms with van der Waals surface area (Å²) in [5.74, 6) is -2.20. The van der Waals surface area contributed by atoms with Crippen molar-refractivity contribution in [3.63, 3.8) is 0 Å². The first-order valence-corrected chi connectivity index (χ1v) is 8.66. The highest BCUT2D eigenvalue weighted by Gasteiger charge is 2.36. The van der Waals surface area contributed by atoms with E-state index in [2.05, 4.69) is 5.32 Å². The second-order valence-corrected chi connectivity index (χ2v) is 6.37. The number of nitrogens with one attached hydrogen (secondary N) is 1. The molecule has 0 aromatic carbocycles. The Labute approximate surface area is 155 Å². The Kier molecular flexibility index (Phi) is 11.4. The second kappa shape index (κ2) is 12.1. The lowest BCUT2D eigenvalue weighted by atomic mass is 10.2. The van der Waals surface area contributed by atoms with Crippen LogP contribution in [0, 0.1) is 0 Å². The highest BCUT2D eigenvalue weighted by Crippen LogP contribution is 2.17. The van der Waals surface area contributed by atoms with Gasteiger partial charge in [-0.2, -0.15) is 0 Å². The molecule has 9 heteroatoms. The zero-order valence-corrected chi connectivity index (χ0v) is 16.9. The molecule has 0 saturated heterocycles. The monoisotopic (exact) mass is 379 g/mol. The van der Waals surface area contributed by atoms with Gasteiger partial charge in [0.05, 0.1) is 13.2 Å². The number of esters is 1. The van der Waals surface area contributed by atoms with Crippen molar-refractivity contribution < 1.29 is 38.0 Å². The third kappa shape index (κ3) is 10.5. The van der Waals surface area contributed by atoms with Crippen LogP contribution in [0.15, 0.2) is 0 Å². The van der Waals surface area contributed by atoms with Gasteiger partial charge in [0, 0.05) is 20.3 Å². The number of rotatable bonds is 12. The molecule has 0 radical (unpaired) electrons. The van der Waals surface area contributed by atoms with E-state index in [0.717, 1.165) is 0 Å². The molecule has 0 heterocycles. The van der Waals surface area contributed by atoms with Gasteiger partial charge in [0.15, 0.2) is 6.61 Å². The molecule has 1 N–H and O–H groups in total. The van der Waals surface area contributed by atoms with E-state index in [-0.39, 0.29) is 26.4 Å². The van der Waals surface area contributed by atoms with E-state index >= 15 is 0 Å². The lowest BCUT2D eigenvalue weighted by Crippen LogP contribution is -2.48. The number of amides is 1. The van der Waals surface area contributed by atoms with Gasteiger partial charge < -0.3 is 33.7 Å². The fraction of sp³-hybridized carbons (Fsp3) is 0.882. The maximum absolute atomic E-state index is 12.1. The number of hydrogen-bond acceptors (Lipinski definition) is 8. The SMILES string of the molecule is CCOC(COC(=O)[C@H](C)NC(=O)OC(C)(C)C)(OCC)OCCOC. The van der Waals surface area contributed by atoms with Crippen LogP contribution in [0.25, 0.3) is 0 Å². The Morgan fingerprint density at radius 2 is 1.58 bits per heavy atom. The van der Waals surface area contributed by atoms with Gasteiger partial charge in [-0.05, 0) is 41.5 Å². The van der Waals surface area contributed by atoms with Gasteiger partial charge in [0.2, 0.25) is 0 Å². The number of hydrogen-bond donors (Lipinski definition) is 1. The molecule has 1 amide bonds. The molecule has 9 nitrogen and oxygen atoms in total. The lowest BCUT2D eigenvalue weighted by Gasteiger charge is -2.32. The molecular weight excluding hydrogens is 346 g/mol. The molecule has 26 heavy (non-hydrogen) atoms. The summed E-state index contributed by atoms with van der Waals surface area (Å²) in [5.41, 5.74) is -0.665. The minimum Gasteiger partial charge on any atom is -0.456 e. The predicted molar refractivity (Wildman–Crippen MR) is 93.6 cm³/mol. The van der Waals surface area contributed by atoms with Gasteiger partial charge >= 0.3 is 18.0 Å². The number of carbonyl (C=O) groups is 2. The minimum atomic E-state index is -1.52. The lowest BCUT2D eigenvalue weighted by molar-refractivity contribution is -0.390. The molecule has 0 aliphatic carbocycles. The predicted octanol–water partition coefficient (Wildman–Crippen LogP) is 1.83. The number of alkyl carbamates (subject to hydrolysis) is 1. The fourth-order valence-electron chi connectivity index (χ4n) is 1.80. The Hall–Kier alpha value is -1.42. The summed E-state index contributed by atoms with van der Waals surface area (Å²) >= 11 is 0. The van der Waals surface area contributed by atoms with E-state index in [1.165, 1.54) is 14.0 Å². The highest BCUT2D eigenvalue weighted by atomic mass is 16.9. The van der Waals surface area contributed by atoms with Crippen molar-refractivity contribution in [2.45, 2.75) is 59.2 Å². The summed E-state index contributed by atoms with van der Waals surface area (Å²) < 4.78 is 31.8. The fourth-order valence-corrected chi connectivity index (χ4v) is 1.80. The topological polar surface area (TPSA) is 102 Å². The van der Waals surface area contributed by atoms with E-state index in [9.17, 15) is 9.59 Å². The smallest absolute Gasteiger partial charge is 0.408 e. The largest absolute Gasteiger partial charge is 0.456 e. The molecule has 0 aliphatic heterocycles. The van der Waals surface area contributed by atoms with Crippen LogP contribution >= 0.6 is 0 Å². The summed E-state index contributed by atoms with van der Waals surface area (Å²) in [6, 6.07) is -0.912. The molecule has 0 unspecified atom stereocenters. The normalized spacial score (nSPS) is 13.2. The van der Waals surface area contributed by atoms with Gasteiger partial charge in [0.25, 0.3) is 0 Å². The zero-order valence-electron chi connectivity index (χ0n) is 16.9. The van der Waals surface area contributed by atoms with E-state index < -0.39 is 29.7 Å². The van der Waals surface area contributed by atoms with Gasteiger partial charge in [-0.3, -0.25) is 0 Å². The molecular formula is C17H33NO8. The Bertz CT molecular complexity index is 415. The van der Waals surface area contributed by atoms with Crippen LogP contribution in [-0.2, 0) is 33.2 Å². The summed E-state index contributed by atoms with van der Waals surface area (Å²) in [6.45, 7) is 11.0. The third-order valence-corrected chi connectivity index (χ3v) is 2.82. The number of ether oxygens (including phenoxy) is 6. The third-order valence-electron chi connectivity index (χ3n) is 2.82. The van der Waals surface area contributed by atoms with Gasteiger partial charge in [0.1, 0.15) is 11.6 Å². The maximum Gasteiger partial charge on any atom is 0.408 e. The van der Waals surface area contributed by atoms with Crippen LogP contribution in [0.2, 0.25) is 0 Å². The standard InChI is InChI=1S/C17H33NO8/c1-8-23-17(24-9-2,25-11-10-21-7)12-22-14(19)13(3)18-15(20)26-16(4,5)6/h13H,8-12H2,1-7H3,(H,18,20)/t13-/m0/s1. The van der Waals surface area contributed by atoms with Crippen molar-refractivity contribution in [3.05, 3.63) is 0 Å². The first-order chi connectivity index (χ1) is 12.1. The molecule has 154 valence electrons. The van der Waals surface area contributed by atoms with Crippen molar-refractivity contribution >= 4 is 12.1 Å². The molecule has 0 aliphatic rings.